The Morgan fingerprint density at radius 2 is 1.96 bits per heavy atom. The summed E-state index contributed by atoms with van der Waals surface area (Å²) in [6.07, 6.45) is 3.57. The normalized spacial score (nSPS) is 14.5. The van der Waals surface area contributed by atoms with E-state index in [0.29, 0.717) is 23.6 Å². The van der Waals surface area contributed by atoms with Crippen molar-refractivity contribution in [2.24, 2.45) is 0 Å². The van der Waals surface area contributed by atoms with Gasteiger partial charge in [-0.3, -0.25) is 9.80 Å². The van der Waals surface area contributed by atoms with E-state index in [1.54, 1.807) is 52.0 Å². The molecule has 1 aliphatic rings. The molecule has 0 aliphatic carbocycles. The summed E-state index contributed by atoms with van der Waals surface area (Å²) < 4.78 is 26.1. The second-order valence-electron chi connectivity index (χ2n) is 6.51. The lowest BCUT2D eigenvalue weighted by atomic mass is 10.1. The molecule has 0 saturated heterocycles. The molecule has 0 bridgehead atoms. The van der Waals surface area contributed by atoms with Crippen molar-refractivity contribution >= 4 is 42.9 Å². The highest BCUT2D eigenvalue weighted by Crippen LogP contribution is 2.29. The number of sulfone groups is 1. The van der Waals surface area contributed by atoms with Crippen molar-refractivity contribution in [3.8, 4) is 0 Å². The van der Waals surface area contributed by atoms with E-state index < -0.39 is 9.84 Å². The number of pyridine rings is 1. The molecule has 0 atom stereocenters. The standard InChI is InChI=1S/C18H17BrN4O3S/c1-21-17-6-5-15(27(2,25)26)9-12(17)7-8-23(21)18(24)16-10-14-4-3-13(19)11-22(14)20-16/h3-6,9-11H,7-8H2,1-2H3. The Balaban J connectivity index is 1.66. The van der Waals surface area contributed by atoms with Crippen molar-refractivity contribution in [1.82, 2.24) is 14.6 Å². The molecule has 0 radical (unpaired) electrons. The fourth-order valence-corrected chi connectivity index (χ4v) is 4.25. The van der Waals surface area contributed by atoms with Crippen LogP contribution in [0, 0.1) is 0 Å². The monoisotopic (exact) mass is 448 g/mol. The Morgan fingerprint density at radius 3 is 2.70 bits per heavy atom. The van der Waals surface area contributed by atoms with Crippen molar-refractivity contribution in [2.45, 2.75) is 11.3 Å². The third-order valence-corrected chi connectivity index (χ3v) is 6.24. The molecule has 1 aromatic carbocycles. The summed E-state index contributed by atoms with van der Waals surface area (Å²) in [6, 6.07) is 10.5. The van der Waals surface area contributed by atoms with E-state index in [9.17, 15) is 13.2 Å². The van der Waals surface area contributed by atoms with E-state index in [1.165, 1.54) is 6.26 Å². The molecule has 0 spiro atoms. The first-order chi connectivity index (χ1) is 12.7. The smallest absolute Gasteiger partial charge is 0.285 e. The molecule has 27 heavy (non-hydrogen) atoms. The molecule has 140 valence electrons. The number of hydrogen-bond acceptors (Lipinski definition) is 5. The number of rotatable bonds is 2. The van der Waals surface area contributed by atoms with Gasteiger partial charge in [0.25, 0.3) is 5.91 Å². The first-order valence-corrected chi connectivity index (χ1v) is 11.0. The summed E-state index contributed by atoms with van der Waals surface area (Å²) in [5.74, 6) is -0.199. The molecule has 3 heterocycles. The number of carbonyl (C=O) groups is 1. The first-order valence-electron chi connectivity index (χ1n) is 8.27. The van der Waals surface area contributed by atoms with Gasteiger partial charge in [-0.1, -0.05) is 0 Å². The van der Waals surface area contributed by atoms with Crippen molar-refractivity contribution in [3.63, 3.8) is 0 Å². The van der Waals surface area contributed by atoms with Crippen LogP contribution in [0.1, 0.15) is 16.1 Å². The zero-order valence-corrected chi connectivity index (χ0v) is 17.2. The molecular weight excluding hydrogens is 432 g/mol. The van der Waals surface area contributed by atoms with Crippen LogP contribution in [0.15, 0.2) is 52.0 Å². The number of halogens is 1. The summed E-state index contributed by atoms with van der Waals surface area (Å²) in [5.41, 5.74) is 2.91. The van der Waals surface area contributed by atoms with Crippen LogP contribution in [0.25, 0.3) is 5.52 Å². The van der Waals surface area contributed by atoms with Crippen LogP contribution in [-0.2, 0) is 16.3 Å². The zero-order valence-electron chi connectivity index (χ0n) is 14.8. The largest absolute Gasteiger partial charge is 0.292 e. The van der Waals surface area contributed by atoms with Gasteiger partial charge in [0, 0.05) is 30.5 Å². The Morgan fingerprint density at radius 1 is 1.19 bits per heavy atom. The van der Waals surface area contributed by atoms with E-state index in [0.717, 1.165) is 21.2 Å². The maximum atomic E-state index is 13.0. The number of amides is 1. The summed E-state index contributed by atoms with van der Waals surface area (Å²) in [5, 5.41) is 7.76. The highest BCUT2D eigenvalue weighted by atomic mass is 79.9. The molecule has 1 amide bonds. The average Bonchev–Trinajstić information content (AvgIpc) is 3.03. The minimum absolute atomic E-state index is 0.199. The lowest BCUT2D eigenvalue weighted by molar-refractivity contribution is 0.0732. The topological polar surface area (TPSA) is 75.0 Å². The van der Waals surface area contributed by atoms with Crippen LogP contribution in [0.5, 0.6) is 0 Å². The molecule has 1 aliphatic heterocycles. The van der Waals surface area contributed by atoms with E-state index in [4.69, 9.17) is 0 Å². The Bertz CT molecular complexity index is 1170. The van der Waals surface area contributed by atoms with Crippen LogP contribution in [0.2, 0.25) is 0 Å². The van der Waals surface area contributed by atoms with Crippen LogP contribution >= 0.6 is 15.9 Å². The van der Waals surface area contributed by atoms with Crippen LogP contribution in [0.4, 0.5) is 5.69 Å². The van der Waals surface area contributed by atoms with Gasteiger partial charge in [-0.15, -0.1) is 0 Å². The van der Waals surface area contributed by atoms with Gasteiger partial charge in [-0.2, -0.15) is 5.10 Å². The number of aromatic nitrogens is 2. The average molecular weight is 449 g/mol. The summed E-state index contributed by atoms with van der Waals surface area (Å²) in [7, 11) is -1.47. The van der Waals surface area contributed by atoms with Gasteiger partial charge >= 0.3 is 0 Å². The maximum Gasteiger partial charge on any atom is 0.292 e. The summed E-state index contributed by atoms with van der Waals surface area (Å²) in [6.45, 7) is 0.452. The second-order valence-corrected chi connectivity index (χ2v) is 9.44. The summed E-state index contributed by atoms with van der Waals surface area (Å²) >= 11 is 3.40. The fraction of sp³-hybridized carbons (Fsp3) is 0.222. The zero-order chi connectivity index (χ0) is 19.3. The maximum absolute atomic E-state index is 13.0. The number of benzene rings is 1. The molecular formula is C18H17BrN4O3S. The lowest BCUT2D eigenvalue weighted by Gasteiger charge is -2.38. The predicted molar refractivity (Wildman–Crippen MR) is 106 cm³/mol. The molecule has 0 saturated carbocycles. The Kier molecular flexibility index (Phi) is 4.23. The molecule has 0 fully saturated rings. The van der Waals surface area contributed by atoms with Crippen LogP contribution in [0.3, 0.4) is 0 Å². The number of fused-ring (bicyclic) bond motifs is 2. The summed E-state index contributed by atoms with van der Waals surface area (Å²) in [4.78, 5) is 13.3. The quantitative estimate of drug-likeness (QED) is 0.601. The lowest BCUT2D eigenvalue weighted by Crippen LogP contribution is -2.48. The van der Waals surface area contributed by atoms with Crippen LogP contribution in [-0.4, -0.2) is 48.8 Å². The Hall–Kier alpha value is -2.39. The second kappa shape index (κ2) is 6.35. The SMILES string of the molecule is CN1c2ccc(S(C)(=O)=O)cc2CCN1C(=O)c1cc2ccc(Br)cn2n1. The molecule has 0 N–H and O–H groups in total. The van der Waals surface area contributed by atoms with E-state index >= 15 is 0 Å². The van der Waals surface area contributed by atoms with E-state index in [1.807, 2.05) is 12.1 Å². The van der Waals surface area contributed by atoms with Gasteiger partial charge in [0.1, 0.15) is 0 Å². The molecule has 0 unspecified atom stereocenters. The Labute approximate surface area is 165 Å². The molecule has 9 heteroatoms. The van der Waals surface area contributed by atoms with Crippen molar-refractivity contribution in [2.75, 3.05) is 24.9 Å². The predicted octanol–water partition coefficient (Wildman–Crippen LogP) is 2.55. The van der Waals surface area contributed by atoms with Gasteiger partial charge in [0.05, 0.1) is 16.1 Å². The van der Waals surface area contributed by atoms with Gasteiger partial charge in [0.2, 0.25) is 0 Å². The van der Waals surface area contributed by atoms with Gasteiger partial charge in [-0.05, 0) is 64.3 Å². The number of anilines is 1. The van der Waals surface area contributed by atoms with E-state index in [-0.39, 0.29) is 5.91 Å². The third-order valence-electron chi connectivity index (χ3n) is 4.66. The van der Waals surface area contributed by atoms with Crippen molar-refractivity contribution in [1.29, 1.82) is 0 Å². The number of hydrazine groups is 1. The van der Waals surface area contributed by atoms with Crippen molar-refractivity contribution in [3.05, 3.63) is 58.3 Å². The first kappa shape index (κ1) is 18.0. The highest BCUT2D eigenvalue weighted by Gasteiger charge is 2.28. The minimum atomic E-state index is -3.26. The fourth-order valence-electron chi connectivity index (χ4n) is 3.25. The highest BCUT2D eigenvalue weighted by molar-refractivity contribution is 9.10. The number of carbonyl (C=O) groups excluding carboxylic acids is 1. The van der Waals surface area contributed by atoms with Gasteiger partial charge < -0.3 is 0 Å². The number of hydrogen-bond donors (Lipinski definition) is 0. The number of nitrogens with zero attached hydrogens (tertiary/aromatic N) is 4. The van der Waals surface area contributed by atoms with E-state index in [2.05, 4.69) is 21.0 Å². The molecule has 7 nitrogen and oxygen atoms in total. The third kappa shape index (κ3) is 3.21. The van der Waals surface area contributed by atoms with Gasteiger partial charge in [0.15, 0.2) is 15.5 Å². The molecule has 4 rings (SSSR count). The van der Waals surface area contributed by atoms with Crippen LogP contribution < -0.4 is 5.01 Å². The van der Waals surface area contributed by atoms with Gasteiger partial charge in [-0.25, -0.2) is 17.9 Å². The van der Waals surface area contributed by atoms with Crippen molar-refractivity contribution < 1.29 is 13.2 Å². The molecule has 2 aromatic heterocycles. The molecule has 3 aromatic rings. The minimum Gasteiger partial charge on any atom is -0.285 e.